The van der Waals surface area contributed by atoms with Crippen LogP contribution in [0.1, 0.15) is 18.2 Å². The predicted octanol–water partition coefficient (Wildman–Crippen LogP) is 2.53. The van der Waals surface area contributed by atoms with Crippen molar-refractivity contribution in [1.29, 1.82) is 0 Å². The molecule has 2 heterocycles. The van der Waals surface area contributed by atoms with Gasteiger partial charge in [-0.25, -0.2) is 0 Å². The highest BCUT2D eigenvalue weighted by Gasteiger charge is 2.49. The van der Waals surface area contributed by atoms with E-state index < -0.39 is 5.60 Å². The van der Waals surface area contributed by atoms with Crippen LogP contribution in [0, 0.1) is 0 Å². The molecule has 0 bridgehead atoms. The molecule has 1 amide bonds. The summed E-state index contributed by atoms with van der Waals surface area (Å²) in [5, 5.41) is 11.5. The minimum absolute atomic E-state index is 0.135. The molecule has 5 heteroatoms. The number of nitrogens with zero attached hydrogens (tertiary/aromatic N) is 2. The van der Waals surface area contributed by atoms with Gasteiger partial charge in [0.25, 0.3) is 5.91 Å². The van der Waals surface area contributed by atoms with E-state index in [4.69, 9.17) is 11.6 Å². The van der Waals surface area contributed by atoms with E-state index >= 15 is 0 Å². The molecule has 1 aliphatic heterocycles. The average Bonchev–Trinajstić information content (AvgIpc) is 2.69. The molecule has 4 nitrogen and oxygen atoms in total. The van der Waals surface area contributed by atoms with E-state index in [9.17, 15) is 9.90 Å². The zero-order valence-electron chi connectivity index (χ0n) is 11.6. The van der Waals surface area contributed by atoms with Crippen molar-refractivity contribution in [2.24, 2.45) is 0 Å². The average molecular weight is 303 g/mol. The van der Waals surface area contributed by atoms with Gasteiger partial charge in [0.15, 0.2) is 5.60 Å². The second-order valence-corrected chi connectivity index (χ2v) is 5.51. The normalized spacial score (nSPS) is 20.7. The molecule has 0 saturated heterocycles. The summed E-state index contributed by atoms with van der Waals surface area (Å²) < 4.78 is 0. The van der Waals surface area contributed by atoms with Gasteiger partial charge in [0.1, 0.15) is 0 Å². The van der Waals surface area contributed by atoms with Gasteiger partial charge in [-0.15, -0.1) is 0 Å². The smallest absolute Gasteiger partial charge is 0.264 e. The Labute approximate surface area is 128 Å². The standard InChI is InChI=1S/C16H15ClN2O2/c1-2-19-14-7-6-11(17)9-13(14)16(21,15(19)20)10-12-5-3-4-8-18-12/h3-9,21H,2,10H2,1H3. The summed E-state index contributed by atoms with van der Waals surface area (Å²) >= 11 is 6.04. The van der Waals surface area contributed by atoms with Crippen LogP contribution < -0.4 is 4.90 Å². The molecule has 1 aromatic carbocycles. The van der Waals surface area contributed by atoms with Crippen LogP contribution in [0.5, 0.6) is 0 Å². The molecular weight excluding hydrogens is 288 g/mol. The second kappa shape index (κ2) is 5.13. The lowest BCUT2D eigenvalue weighted by molar-refractivity contribution is -0.136. The van der Waals surface area contributed by atoms with Crippen LogP contribution in [0.25, 0.3) is 0 Å². The third-order valence-electron chi connectivity index (χ3n) is 3.77. The SMILES string of the molecule is CCN1C(=O)C(O)(Cc2ccccn2)c2cc(Cl)ccc21. The number of hydrogen-bond acceptors (Lipinski definition) is 3. The lowest BCUT2D eigenvalue weighted by Gasteiger charge is -2.22. The first kappa shape index (κ1) is 14.0. The van der Waals surface area contributed by atoms with Crippen LogP contribution in [0.4, 0.5) is 5.69 Å². The van der Waals surface area contributed by atoms with Gasteiger partial charge in [0.2, 0.25) is 0 Å². The molecule has 0 saturated carbocycles. The number of aliphatic hydroxyl groups is 1. The molecule has 1 aromatic heterocycles. The summed E-state index contributed by atoms with van der Waals surface area (Å²) in [7, 11) is 0. The number of rotatable bonds is 3. The number of fused-ring (bicyclic) bond motifs is 1. The van der Waals surface area contributed by atoms with Gasteiger partial charge in [0.05, 0.1) is 5.69 Å². The van der Waals surface area contributed by atoms with Crippen molar-refractivity contribution in [3.05, 3.63) is 58.9 Å². The number of carbonyl (C=O) groups excluding carboxylic acids is 1. The minimum Gasteiger partial charge on any atom is -0.375 e. The largest absolute Gasteiger partial charge is 0.375 e. The fraction of sp³-hybridized carbons (Fsp3) is 0.250. The summed E-state index contributed by atoms with van der Waals surface area (Å²) in [5.41, 5.74) is 0.319. The number of anilines is 1. The zero-order chi connectivity index (χ0) is 15.0. The van der Waals surface area contributed by atoms with Crippen LogP contribution in [0.2, 0.25) is 5.02 Å². The molecule has 21 heavy (non-hydrogen) atoms. The summed E-state index contributed by atoms with van der Waals surface area (Å²) in [6.45, 7) is 2.38. The quantitative estimate of drug-likeness (QED) is 0.948. The molecule has 0 spiro atoms. The molecule has 108 valence electrons. The van der Waals surface area contributed by atoms with Gasteiger partial charge in [0, 0.05) is 35.4 Å². The molecule has 1 aliphatic rings. The van der Waals surface area contributed by atoms with E-state index in [1.807, 2.05) is 13.0 Å². The lowest BCUT2D eigenvalue weighted by Crippen LogP contribution is -2.42. The van der Waals surface area contributed by atoms with Crippen LogP contribution in [-0.2, 0) is 16.8 Å². The molecule has 0 fully saturated rings. The van der Waals surface area contributed by atoms with E-state index in [-0.39, 0.29) is 12.3 Å². The number of benzene rings is 1. The number of aromatic nitrogens is 1. The van der Waals surface area contributed by atoms with Gasteiger partial charge in [-0.05, 0) is 37.3 Å². The van der Waals surface area contributed by atoms with E-state index in [0.717, 1.165) is 0 Å². The van der Waals surface area contributed by atoms with E-state index in [2.05, 4.69) is 4.98 Å². The summed E-state index contributed by atoms with van der Waals surface area (Å²) in [5.74, 6) is -0.326. The van der Waals surface area contributed by atoms with E-state index in [1.165, 1.54) is 0 Å². The second-order valence-electron chi connectivity index (χ2n) is 5.07. The highest BCUT2D eigenvalue weighted by atomic mass is 35.5. The molecule has 2 aromatic rings. The van der Waals surface area contributed by atoms with Gasteiger partial charge >= 0.3 is 0 Å². The monoisotopic (exact) mass is 302 g/mol. The third kappa shape index (κ3) is 2.20. The predicted molar refractivity (Wildman–Crippen MR) is 81.3 cm³/mol. The van der Waals surface area contributed by atoms with Crippen LogP contribution in [0.15, 0.2) is 42.6 Å². The summed E-state index contributed by atoms with van der Waals surface area (Å²) in [6, 6.07) is 10.6. The van der Waals surface area contributed by atoms with Crippen LogP contribution in [0.3, 0.4) is 0 Å². The Morgan fingerprint density at radius 1 is 1.33 bits per heavy atom. The highest BCUT2D eigenvalue weighted by molar-refractivity contribution is 6.31. The van der Waals surface area contributed by atoms with E-state index in [1.54, 1.807) is 41.4 Å². The molecule has 0 radical (unpaired) electrons. The summed E-state index contributed by atoms with van der Waals surface area (Å²) in [4.78, 5) is 18.4. The lowest BCUT2D eigenvalue weighted by atomic mass is 9.90. The van der Waals surface area contributed by atoms with Crippen molar-refractivity contribution in [3.63, 3.8) is 0 Å². The molecule has 3 rings (SSSR count). The Hall–Kier alpha value is -1.91. The maximum absolute atomic E-state index is 12.6. The first-order chi connectivity index (χ1) is 10.1. The molecule has 0 aliphatic carbocycles. The number of hydrogen-bond donors (Lipinski definition) is 1. The van der Waals surface area contributed by atoms with Gasteiger partial charge < -0.3 is 10.0 Å². The van der Waals surface area contributed by atoms with Gasteiger partial charge in [-0.3, -0.25) is 9.78 Å². The number of pyridine rings is 1. The fourth-order valence-corrected chi connectivity index (χ4v) is 2.94. The first-order valence-corrected chi connectivity index (χ1v) is 7.18. The van der Waals surface area contributed by atoms with Crippen molar-refractivity contribution in [2.75, 3.05) is 11.4 Å². The van der Waals surface area contributed by atoms with E-state index in [0.29, 0.717) is 28.5 Å². The molecular formula is C16H15ClN2O2. The van der Waals surface area contributed by atoms with Crippen LogP contribution in [-0.4, -0.2) is 22.5 Å². The Balaban J connectivity index is 2.10. The number of likely N-dealkylation sites (N-methyl/N-ethyl adjacent to an activating group) is 1. The third-order valence-corrected chi connectivity index (χ3v) is 4.01. The van der Waals surface area contributed by atoms with Crippen molar-refractivity contribution in [3.8, 4) is 0 Å². The summed E-state index contributed by atoms with van der Waals surface area (Å²) in [6.07, 6.45) is 1.78. The maximum Gasteiger partial charge on any atom is 0.264 e. The van der Waals surface area contributed by atoms with Crippen molar-refractivity contribution in [2.45, 2.75) is 18.9 Å². The van der Waals surface area contributed by atoms with Crippen LogP contribution >= 0.6 is 11.6 Å². The fourth-order valence-electron chi connectivity index (χ4n) is 2.77. The van der Waals surface area contributed by atoms with Gasteiger partial charge in [-0.2, -0.15) is 0 Å². The molecule has 1 N–H and O–H groups in total. The zero-order valence-corrected chi connectivity index (χ0v) is 12.3. The van der Waals surface area contributed by atoms with Crippen molar-refractivity contribution >= 4 is 23.2 Å². The Morgan fingerprint density at radius 3 is 2.81 bits per heavy atom. The van der Waals surface area contributed by atoms with Crippen molar-refractivity contribution in [1.82, 2.24) is 4.98 Å². The number of halogens is 1. The topological polar surface area (TPSA) is 53.4 Å². The Bertz CT molecular complexity index is 690. The first-order valence-electron chi connectivity index (χ1n) is 6.80. The maximum atomic E-state index is 12.6. The number of carbonyl (C=O) groups is 1. The Kier molecular flexibility index (Phi) is 3.43. The minimum atomic E-state index is -1.61. The van der Waals surface area contributed by atoms with Gasteiger partial charge in [-0.1, -0.05) is 17.7 Å². The Morgan fingerprint density at radius 2 is 2.14 bits per heavy atom. The highest BCUT2D eigenvalue weighted by Crippen LogP contribution is 2.43. The number of amides is 1. The van der Waals surface area contributed by atoms with Crippen molar-refractivity contribution < 1.29 is 9.90 Å². The molecule has 1 unspecified atom stereocenters. The molecule has 1 atom stereocenters.